The standard InChI is InChI=1S/C14H31NO/c1-5-9-10-13(6-2)11-16-12-14(7-3)15-8-4/h13-15H,5-12H2,1-4H3. The van der Waals surface area contributed by atoms with Gasteiger partial charge in [-0.2, -0.15) is 0 Å². The molecule has 2 heteroatoms. The van der Waals surface area contributed by atoms with Gasteiger partial charge in [0.15, 0.2) is 0 Å². The van der Waals surface area contributed by atoms with Crippen LogP contribution in [0.3, 0.4) is 0 Å². The van der Waals surface area contributed by atoms with Crippen molar-refractivity contribution in [2.45, 2.75) is 65.8 Å². The van der Waals surface area contributed by atoms with Crippen molar-refractivity contribution in [2.75, 3.05) is 19.8 Å². The smallest absolute Gasteiger partial charge is 0.0619 e. The van der Waals surface area contributed by atoms with Crippen molar-refractivity contribution >= 4 is 0 Å². The van der Waals surface area contributed by atoms with Crippen molar-refractivity contribution < 1.29 is 4.74 Å². The summed E-state index contributed by atoms with van der Waals surface area (Å²) in [6, 6.07) is 0.536. The highest BCUT2D eigenvalue weighted by molar-refractivity contribution is 4.63. The zero-order valence-corrected chi connectivity index (χ0v) is 11.7. The molecule has 0 heterocycles. The fraction of sp³-hybridized carbons (Fsp3) is 1.00. The Balaban J connectivity index is 3.58. The molecule has 0 spiro atoms. The molecule has 0 saturated heterocycles. The normalized spacial score (nSPS) is 15.0. The van der Waals surface area contributed by atoms with E-state index in [2.05, 4.69) is 33.0 Å². The molecule has 0 aromatic heterocycles. The Hall–Kier alpha value is -0.0800. The predicted octanol–water partition coefficient (Wildman–Crippen LogP) is 3.61. The second kappa shape index (κ2) is 11.4. The zero-order chi connectivity index (χ0) is 12.2. The number of unbranched alkanes of at least 4 members (excludes halogenated alkanes) is 1. The first-order valence-corrected chi connectivity index (χ1v) is 7.09. The SMILES string of the molecule is CCCCC(CC)COCC(CC)NCC. The van der Waals surface area contributed by atoms with E-state index in [0.717, 1.165) is 32.1 Å². The first-order valence-electron chi connectivity index (χ1n) is 7.09. The van der Waals surface area contributed by atoms with E-state index in [1.54, 1.807) is 0 Å². The van der Waals surface area contributed by atoms with Gasteiger partial charge in [-0.3, -0.25) is 0 Å². The van der Waals surface area contributed by atoms with Gasteiger partial charge in [-0.15, -0.1) is 0 Å². The molecular weight excluding hydrogens is 198 g/mol. The van der Waals surface area contributed by atoms with Gasteiger partial charge in [-0.05, 0) is 25.3 Å². The summed E-state index contributed by atoms with van der Waals surface area (Å²) in [6.07, 6.45) is 6.36. The Bertz CT molecular complexity index is 139. The fourth-order valence-corrected chi connectivity index (χ4v) is 1.88. The lowest BCUT2D eigenvalue weighted by Crippen LogP contribution is -2.33. The summed E-state index contributed by atoms with van der Waals surface area (Å²) in [7, 11) is 0. The summed E-state index contributed by atoms with van der Waals surface area (Å²) in [6.45, 7) is 11.7. The van der Waals surface area contributed by atoms with Gasteiger partial charge in [0.1, 0.15) is 0 Å². The topological polar surface area (TPSA) is 21.3 Å². The highest BCUT2D eigenvalue weighted by atomic mass is 16.5. The molecule has 0 saturated carbocycles. The number of nitrogens with one attached hydrogen (secondary N) is 1. The summed E-state index contributed by atoms with van der Waals surface area (Å²) < 4.78 is 5.83. The summed E-state index contributed by atoms with van der Waals surface area (Å²) in [5, 5.41) is 3.44. The molecule has 0 bridgehead atoms. The van der Waals surface area contributed by atoms with Gasteiger partial charge in [0.25, 0.3) is 0 Å². The zero-order valence-electron chi connectivity index (χ0n) is 11.7. The number of likely N-dealkylation sites (N-methyl/N-ethyl adjacent to an activating group) is 1. The third-order valence-corrected chi connectivity index (χ3v) is 3.20. The molecule has 2 nitrogen and oxygen atoms in total. The summed E-state index contributed by atoms with van der Waals surface area (Å²) >= 11 is 0. The van der Waals surface area contributed by atoms with Crippen molar-refractivity contribution in [3.8, 4) is 0 Å². The fourth-order valence-electron chi connectivity index (χ4n) is 1.88. The van der Waals surface area contributed by atoms with E-state index in [4.69, 9.17) is 4.74 Å². The summed E-state index contributed by atoms with van der Waals surface area (Å²) in [5.74, 6) is 0.763. The number of ether oxygens (including phenoxy) is 1. The molecule has 2 atom stereocenters. The molecule has 0 aliphatic heterocycles. The van der Waals surface area contributed by atoms with Gasteiger partial charge in [0.2, 0.25) is 0 Å². The van der Waals surface area contributed by atoms with Crippen molar-refractivity contribution in [3.63, 3.8) is 0 Å². The number of rotatable bonds is 11. The number of hydrogen-bond acceptors (Lipinski definition) is 2. The maximum atomic E-state index is 5.83. The third kappa shape index (κ3) is 8.12. The highest BCUT2D eigenvalue weighted by Gasteiger charge is 2.08. The van der Waals surface area contributed by atoms with Gasteiger partial charge in [0.05, 0.1) is 6.61 Å². The van der Waals surface area contributed by atoms with E-state index in [-0.39, 0.29) is 0 Å². The second-order valence-corrected chi connectivity index (χ2v) is 4.62. The van der Waals surface area contributed by atoms with Crippen LogP contribution in [-0.2, 0) is 4.74 Å². The molecular formula is C14H31NO. The van der Waals surface area contributed by atoms with Crippen molar-refractivity contribution in [2.24, 2.45) is 5.92 Å². The Labute approximate surface area is 102 Å². The van der Waals surface area contributed by atoms with Gasteiger partial charge in [-0.1, -0.05) is 47.0 Å². The van der Waals surface area contributed by atoms with E-state index < -0.39 is 0 Å². The quantitative estimate of drug-likeness (QED) is 0.584. The molecule has 98 valence electrons. The van der Waals surface area contributed by atoms with Crippen LogP contribution in [0.2, 0.25) is 0 Å². The Morgan fingerprint density at radius 3 is 2.25 bits per heavy atom. The lowest BCUT2D eigenvalue weighted by atomic mass is 10.0. The van der Waals surface area contributed by atoms with Crippen molar-refractivity contribution in [3.05, 3.63) is 0 Å². The highest BCUT2D eigenvalue weighted by Crippen LogP contribution is 2.12. The van der Waals surface area contributed by atoms with E-state index in [1.165, 1.54) is 25.7 Å². The molecule has 0 amide bonds. The first kappa shape index (κ1) is 15.9. The van der Waals surface area contributed by atoms with Crippen LogP contribution in [0.1, 0.15) is 59.8 Å². The van der Waals surface area contributed by atoms with Crippen molar-refractivity contribution in [1.29, 1.82) is 0 Å². The lowest BCUT2D eigenvalue weighted by Gasteiger charge is -2.19. The minimum Gasteiger partial charge on any atom is -0.380 e. The van der Waals surface area contributed by atoms with Gasteiger partial charge >= 0.3 is 0 Å². The second-order valence-electron chi connectivity index (χ2n) is 4.62. The maximum absolute atomic E-state index is 5.83. The monoisotopic (exact) mass is 229 g/mol. The predicted molar refractivity (Wildman–Crippen MR) is 71.9 cm³/mol. The largest absolute Gasteiger partial charge is 0.380 e. The van der Waals surface area contributed by atoms with Crippen LogP contribution in [0.4, 0.5) is 0 Å². The first-order chi connectivity index (χ1) is 7.78. The Kier molecular flexibility index (Phi) is 11.3. The average molecular weight is 229 g/mol. The van der Waals surface area contributed by atoms with Gasteiger partial charge < -0.3 is 10.1 Å². The van der Waals surface area contributed by atoms with E-state index in [1.807, 2.05) is 0 Å². The van der Waals surface area contributed by atoms with Gasteiger partial charge in [0, 0.05) is 12.6 Å². The third-order valence-electron chi connectivity index (χ3n) is 3.20. The van der Waals surface area contributed by atoms with E-state index in [9.17, 15) is 0 Å². The van der Waals surface area contributed by atoms with Crippen LogP contribution < -0.4 is 5.32 Å². The van der Waals surface area contributed by atoms with Crippen LogP contribution >= 0.6 is 0 Å². The molecule has 0 rings (SSSR count). The molecule has 0 aromatic carbocycles. The molecule has 0 radical (unpaired) electrons. The van der Waals surface area contributed by atoms with Crippen LogP contribution in [0.5, 0.6) is 0 Å². The van der Waals surface area contributed by atoms with Crippen LogP contribution in [-0.4, -0.2) is 25.8 Å². The lowest BCUT2D eigenvalue weighted by molar-refractivity contribution is 0.0762. The van der Waals surface area contributed by atoms with E-state index >= 15 is 0 Å². The molecule has 0 aromatic rings. The summed E-state index contributed by atoms with van der Waals surface area (Å²) in [4.78, 5) is 0. The maximum Gasteiger partial charge on any atom is 0.0619 e. The van der Waals surface area contributed by atoms with Crippen LogP contribution in [0.15, 0.2) is 0 Å². The molecule has 0 aliphatic rings. The van der Waals surface area contributed by atoms with Crippen LogP contribution in [0, 0.1) is 5.92 Å². The minimum absolute atomic E-state index is 0.536. The minimum atomic E-state index is 0.536. The Morgan fingerprint density at radius 1 is 1.00 bits per heavy atom. The molecule has 0 fully saturated rings. The van der Waals surface area contributed by atoms with E-state index in [0.29, 0.717) is 6.04 Å². The average Bonchev–Trinajstić information content (AvgIpc) is 2.32. The molecule has 1 N–H and O–H groups in total. The number of hydrogen-bond donors (Lipinski definition) is 1. The Morgan fingerprint density at radius 2 is 1.75 bits per heavy atom. The molecule has 2 unspecified atom stereocenters. The van der Waals surface area contributed by atoms with Crippen LogP contribution in [0.25, 0.3) is 0 Å². The molecule has 16 heavy (non-hydrogen) atoms. The van der Waals surface area contributed by atoms with Gasteiger partial charge in [-0.25, -0.2) is 0 Å². The summed E-state index contributed by atoms with van der Waals surface area (Å²) in [5.41, 5.74) is 0. The molecule has 0 aliphatic carbocycles. The van der Waals surface area contributed by atoms with Crippen molar-refractivity contribution in [1.82, 2.24) is 5.32 Å².